The van der Waals surface area contributed by atoms with Crippen molar-refractivity contribution in [2.24, 2.45) is 12.0 Å². The number of ether oxygens (including phenoxy) is 2. The van der Waals surface area contributed by atoms with Gasteiger partial charge in [-0.25, -0.2) is 4.98 Å². The molecule has 0 unspecified atom stereocenters. The van der Waals surface area contributed by atoms with Crippen LogP contribution in [0, 0.1) is 6.92 Å². The predicted octanol–water partition coefficient (Wildman–Crippen LogP) is 3.39. The maximum absolute atomic E-state index is 5.86. The summed E-state index contributed by atoms with van der Waals surface area (Å²) < 4.78 is 13.0. The molecule has 0 atom stereocenters. The molecule has 0 aliphatic carbocycles. The van der Waals surface area contributed by atoms with Crippen LogP contribution in [0.2, 0.25) is 0 Å². The highest BCUT2D eigenvalue weighted by Crippen LogP contribution is 2.20. The minimum atomic E-state index is 0. The van der Waals surface area contributed by atoms with Crippen molar-refractivity contribution in [1.29, 1.82) is 0 Å². The van der Waals surface area contributed by atoms with Gasteiger partial charge in [-0.3, -0.25) is 4.99 Å². The average Bonchev–Trinajstić information content (AvgIpc) is 3.05. The van der Waals surface area contributed by atoms with E-state index in [0.29, 0.717) is 32.3 Å². The molecule has 0 saturated carbocycles. The van der Waals surface area contributed by atoms with Crippen LogP contribution >= 0.6 is 24.0 Å². The molecule has 7 nitrogen and oxygen atoms in total. The number of methoxy groups -OCH3 is 1. The normalized spacial score (nSPS) is 11.3. The number of fused-ring (bicyclic) bond motifs is 1. The number of nitrogens with one attached hydrogen (secondary N) is 2. The molecule has 2 N–H and O–H groups in total. The summed E-state index contributed by atoms with van der Waals surface area (Å²) in [5.41, 5.74) is 4.33. The van der Waals surface area contributed by atoms with E-state index in [4.69, 9.17) is 9.47 Å². The predicted molar refractivity (Wildman–Crippen MR) is 132 cm³/mol. The minimum Gasteiger partial charge on any atom is -0.491 e. The summed E-state index contributed by atoms with van der Waals surface area (Å²) in [6, 6.07) is 14.3. The number of rotatable bonds is 8. The standard InChI is InChI=1S/C22H29N5O2.HI/c1-16-9-10-17(20(13-16)29-12-11-28-4)14-24-22(23-2)25-15-21-26-18-7-5-6-8-19(18)27(21)3;/h5-10,13H,11-12,14-15H2,1-4H3,(H2,23,24,25);1H. The van der Waals surface area contributed by atoms with E-state index in [0.717, 1.165) is 33.7 Å². The summed E-state index contributed by atoms with van der Waals surface area (Å²) in [5.74, 6) is 2.52. The molecule has 1 aromatic heterocycles. The lowest BCUT2D eigenvalue weighted by Crippen LogP contribution is -2.37. The quantitative estimate of drug-likeness (QED) is 0.205. The van der Waals surface area contributed by atoms with E-state index in [1.54, 1.807) is 14.2 Å². The zero-order valence-electron chi connectivity index (χ0n) is 17.9. The van der Waals surface area contributed by atoms with Gasteiger partial charge in [0.05, 0.1) is 24.2 Å². The van der Waals surface area contributed by atoms with Gasteiger partial charge in [0.15, 0.2) is 5.96 Å². The number of hydrogen-bond donors (Lipinski definition) is 2. The molecule has 0 spiro atoms. The highest BCUT2D eigenvalue weighted by Gasteiger charge is 2.09. The van der Waals surface area contributed by atoms with Crippen molar-refractivity contribution in [1.82, 2.24) is 20.2 Å². The molecule has 0 aliphatic heterocycles. The first kappa shape index (κ1) is 23.9. The molecular weight excluding hydrogens is 493 g/mol. The van der Waals surface area contributed by atoms with E-state index < -0.39 is 0 Å². The van der Waals surface area contributed by atoms with E-state index in [2.05, 4.69) is 50.3 Å². The van der Waals surface area contributed by atoms with Gasteiger partial charge in [-0.05, 0) is 30.7 Å². The molecule has 0 aliphatic rings. The molecule has 3 aromatic rings. The summed E-state index contributed by atoms with van der Waals surface area (Å²) >= 11 is 0. The van der Waals surface area contributed by atoms with E-state index in [-0.39, 0.29) is 24.0 Å². The van der Waals surface area contributed by atoms with Gasteiger partial charge < -0.3 is 24.7 Å². The maximum atomic E-state index is 5.86. The molecule has 0 fully saturated rings. The van der Waals surface area contributed by atoms with Crippen LogP contribution in [-0.4, -0.2) is 42.9 Å². The van der Waals surface area contributed by atoms with Crippen LogP contribution in [0.3, 0.4) is 0 Å². The number of aliphatic imine (C=N–C) groups is 1. The first-order valence-electron chi connectivity index (χ1n) is 9.68. The maximum Gasteiger partial charge on any atom is 0.191 e. The monoisotopic (exact) mass is 523 g/mol. The largest absolute Gasteiger partial charge is 0.491 e. The van der Waals surface area contributed by atoms with Gasteiger partial charge in [-0.1, -0.05) is 24.3 Å². The Kier molecular flexibility index (Phi) is 9.38. The Labute approximate surface area is 194 Å². The van der Waals surface area contributed by atoms with Crippen molar-refractivity contribution in [3.63, 3.8) is 0 Å². The first-order chi connectivity index (χ1) is 14.1. The topological polar surface area (TPSA) is 72.7 Å². The molecule has 0 amide bonds. The fourth-order valence-electron chi connectivity index (χ4n) is 3.09. The molecule has 3 rings (SSSR count). The molecule has 8 heteroatoms. The van der Waals surface area contributed by atoms with E-state index in [1.165, 1.54) is 0 Å². The second kappa shape index (κ2) is 11.8. The number of hydrogen-bond acceptors (Lipinski definition) is 4. The molecule has 2 aromatic carbocycles. The highest BCUT2D eigenvalue weighted by molar-refractivity contribution is 14.0. The van der Waals surface area contributed by atoms with Crippen LogP contribution in [0.5, 0.6) is 5.75 Å². The lowest BCUT2D eigenvalue weighted by molar-refractivity contribution is 0.145. The fraction of sp³-hybridized carbons (Fsp3) is 0.364. The van der Waals surface area contributed by atoms with Crippen molar-refractivity contribution in [2.45, 2.75) is 20.0 Å². The van der Waals surface area contributed by atoms with E-state index in [1.807, 2.05) is 31.3 Å². The van der Waals surface area contributed by atoms with Gasteiger partial charge in [0.2, 0.25) is 0 Å². The number of benzene rings is 2. The Morgan fingerprint density at radius 2 is 1.87 bits per heavy atom. The van der Waals surface area contributed by atoms with E-state index >= 15 is 0 Å². The number of imidazole rings is 1. The summed E-state index contributed by atoms with van der Waals surface area (Å²) in [6.07, 6.45) is 0. The third-order valence-electron chi connectivity index (χ3n) is 4.73. The lowest BCUT2D eigenvalue weighted by Gasteiger charge is -2.15. The smallest absolute Gasteiger partial charge is 0.191 e. The second-order valence-corrected chi connectivity index (χ2v) is 6.81. The molecule has 0 saturated heterocycles. The number of nitrogens with zero attached hydrogens (tertiary/aromatic N) is 3. The van der Waals surface area contributed by atoms with Gasteiger partial charge in [0.25, 0.3) is 0 Å². The number of guanidine groups is 1. The van der Waals surface area contributed by atoms with Crippen LogP contribution in [-0.2, 0) is 24.9 Å². The van der Waals surface area contributed by atoms with Crippen LogP contribution in [0.4, 0.5) is 0 Å². The van der Waals surface area contributed by atoms with Crippen molar-refractivity contribution < 1.29 is 9.47 Å². The third-order valence-corrected chi connectivity index (χ3v) is 4.73. The van der Waals surface area contributed by atoms with Gasteiger partial charge in [-0.15, -0.1) is 24.0 Å². The summed E-state index contributed by atoms with van der Waals surface area (Å²) in [6.45, 7) is 4.31. The third kappa shape index (κ3) is 6.09. The molecule has 0 radical (unpaired) electrons. The second-order valence-electron chi connectivity index (χ2n) is 6.81. The molecule has 162 valence electrons. The van der Waals surface area contributed by atoms with Crippen LogP contribution in [0.25, 0.3) is 11.0 Å². The summed E-state index contributed by atoms with van der Waals surface area (Å²) in [5, 5.41) is 6.69. The van der Waals surface area contributed by atoms with Crippen molar-refractivity contribution >= 4 is 41.0 Å². The van der Waals surface area contributed by atoms with Crippen LogP contribution < -0.4 is 15.4 Å². The number of halogens is 1. The zero-order chi connectivity index (χ0) is 20.6. The number of para-hydroxylation sites is 2. The Balaban J connectivity index is 0.00000320. The van der Waals surface area contributed by atoms with Gasteiger partial charge in [0, 0.05) is 33.3 Å². The fourth-order valence-corrected chi connectivity index (χ4v) is 3.09. The number of aromatic nitrogens is 2. The van der Waals surface area contributed by atoms with Crippen LogP contribution in [0.15, 0.2) is 47.5 Å². The molecule has 0 bridgehead atoms. The summed E-state index contributed by atoms with van der Waals surface area (Å²) in [4.78, 5) is 9.01. The van der Waals surface area contributed by atoms with Crippen molar-refractivity contribution in [3.8, 4) is 5.75 Å². The number of aryl methyl sites for hydroxylation is 2. The molecule has 30 heavy (non-hydrogen) atoms. The van der Waals surface area contributed by atoms with Gasteiger partial charge in [0.1, 0.15) is 18.2 Å². The van der Waals surface area contributed by atoms with Crippen LogP contribution in [0.1, 0.15) is 17.0 Å². The SMILES string of the molecule is CN=C(NCc1ccc(C)cc1OCCOC)NCc1nc2ccccc2n1C.I. The van der Waals surface area contributed by atoms with Gasteiger partial charge >= 0.3 is 0 Å². The Hall–Kier alpha value is -2.33. The highest BCUT2D eigenvalue weighted by atomic mass is 127. The average molecular weight is 523 g/mol. The Morgan fingerprint density at radius 1 is 1.10 bits per heavy atom. The minimum absolute atomic E-state index is 0. The van der Waals surface area contributed by atoms with Crippen molar-refractivity contribution in [2.75, 3.05) is 27.4 Å². The zero-order valence-corrected chi connectivity index (χ0v) is 20.3. The van der Waals surface area contributed by atoms with Gasteiger partial charge in [-0.2, -0.15) is 0 Å². The molecule has 1 heterocycles. The molecular formula is C22H30IN5O2. The first-order valence-corrected chi connectivity index (χ1v) is 9.68. The Morgan fingerprint density at radius 3 is 2.60 bits per heavy atom. The van der Waals surface area contributed by atoms with E-state index in [9.17, 15) is 0 Å². The van der Waals surface area contributed by atoms with Crippen molar-refractivity contribution in [3.05, 3.63) is 59.4 Å². The Bertz CT molecular complexity index is 987. The summed E-state index contributed by atoms with van der Waals surface area (Å²) in [7, 11) is 5.45. The lowest BCUT2D eigenvalue weighted by atomic mass is 10.1.